The van der Waals surface area contributed by atoms with Crippen LogP contribution in [0.4, 0.5) is 8.78 Å². The molecule has 0 saturated carbocycles. The Hall–Kier alpha value is -2.96. The van der Waals surface area contributed by atoms with Crippen LogP contribution in [0.25, 0.3) is 0 Å². The normalized spacial score (nSPS) is 11.2. The van der Waals surface area contributed by atoms with E-state index in [0.717, 1.165) is 23.8 Å². The molecule has 0 aromatic heterocycles. The van der Waals surface area contributed by atoms with Gasteiger partial charge in [-0.25, -0.2) is 13.8 Å². The molecule has 2 rings (SSSR count). The van der Waals surface area contributed by atoms with Gasteiger partial charge in [0, 0.05) is 30.8 Å². The van der Waals surface area contributed by atoms with Crippen molar-refractivity contribution in [3.63, 3.8) is 0 Å². The second-order valence-corrected chi connectivity index (χ2v) is 5.84. The van der Waals surface area contributed by atoms with Crippen LogP contribution >= 0.6 is 0 Å². The lowest BCUT2D eigenvalue weighted by molar-refractivity contribution is 0.0956. The molecule has 0 aliphatic rings. The smallest absolute Gasteiger partial charge is 0.251 e. The summed E-state index contributed by atoms with van der Waals surface area (Å²) in [5.41, 5.74) is 1.75. The zero-order valence-corrected chi connectivity index (χ0v) is 15.5. The van der Waals surface area contributed by atoms with Crippen molar-refractivity contribution in [1.82, 2.24) is 16.0 Å². The van der Waals surface area contributed by atoms with Gasteiger partial charge in [0.1, 0.15) is 11.6 Å². The molecular formula is C20H24F2N4O. The Morgan fingerprint density at radius 2 is 1.67 bits per heavy atom. The van der Waals surface area contributed by atoms with Crippen molar-refractivity contribution in [2.24, 2.45) is 4.99 Å². The molecule has 0 heterocycles. The van der Waals surface area contributed by atoms with Gasteiger partial charge < -0.3 is 16.0 Å². The highest BCUT2D eigenvalue weighted by Gasteiger charge is 2.06. The second-order valence-electron chi connectivity index (χ2n) is 5.84. The van der Waals surface area contributed by atoms with Crippen LogP contribution in [0.2, 0.25) is 0 Å². The maximum absolute atomic E-state index is 13.7. The molecule has 3 N–H and O–H groups in total. The molecule has 0 bridgehead atoms. The van der Waals surface area contributed by atoms with E-state index in [4.69, 9.17) is 0 Å². The lowest BCUT2D eigenvalue weighted by atomic mass is 10.1. The van der Waals surface area contributed by atoms with Crippen molar-refractivity contribution in [3.05, 3.63) is 70.8 Å². The fourth-order valence-electron chi connectivity index (χ4n) is 2.39. The van der Waals surface area contributed by atoms with Crippen LogP contribution in [0.1, 0.15) is 35.3 Å². The molecule has 0 spiro atoms. The van der Waals surface area contributed by atoms with Crippen LogP contribution in [-0.4, -0.2) is 25.0 Å². The van der Waals surface area contributed by atoms with E-state index >= 15 is 0 Å². The number of guanidine groups is 1. The molecule has 2 aromatic rings. The SMILES string of the molecule is CCNC(=O)c1ccc(CN=C(NCC)NCc2cc(F)ccc2F)cc1. The number of hydrogen-bond acceptors (Lipinski definition) is 2. The minimum Gasteiger partial charge on any atom is -0.357 e. The van der Waals surface area contributed by atoms with E-state index in [2.05, 4.69) is 20.9 Å². The molecule has 7 heteroatoms. The average Bonchev–Trinajstić information content (AvgIpc) is 2.67. The molecule has 144 valence electrons. The van der Waals surface area contributed by atoms with E-state index in [9.17, 15) is 13.6 Å². The zero-order valence-electron chi connectivity index (χ0n) is 15.5. The quantitative estimate of drug-likeness (QED) is 0.516. The van der Waals surface area contributed by atoms with Crippen LogP contribution in [0.5, 0.6) is 0 Å². The van der Waals surface area contributed by atoms with Gasteiger partial charge in [0.25, 0.3) is 5.91 Å². The van der Waals surface area contributed by atoms with Gasteiger partial charge in [-0.2, -0.15) is 0 Å². The van der Waals surface area contributed by atoms with Crippen LogP contribution in [0.15, 0.2) is 47.5 Å². The lowest BCUT2D eigenvalue weighted by Gasteiger charge is -2.12. The Balaban J connectivity index is 2.00. The summed E-state index contributed by atoms with van der Waals surface area (Å²) in [6.07, 6.45) is 0. The molecule has 0 saturated heterocycles. The first-order chi connectivity index (χ1) is 13.0. The Morgan fingerprint density at radius 1 is 0.963 bits per heavy atom. The van der Waals surface area contributed by atoms with Crippen molar-refractivity contribution < 1.29 is 13.6 Å². The highest BCUT2D eigenvalue weighted by Crippen LogP contribution is 2.09. The van der Waals surface area contributed by atoms with Gasteiger partial charge in [-0.05, 0) is 49.7 Å². The number of rotatable bonds is 7. The number of aliphatic imine (C=N–C) groups is 1. The number of hydrogen-bond donors (Lipinski definition) is 3. The third-order valence-corrected chi connectivity index (χ3v) is 3.77. The number of amides is 1. The number of carbonyl (C=O) groups excluding carboxylic acids is 1. The highest BCUT2D eigenvalue weighted by molar-refractivity contribution is 5.94. The minimum absolute atomic E-state index is 0.111. The molecule has 0 unspecified atom stereocenters. The number of carbonyl (C=O) groups is 1. The monoisotopic (exact) mass is 374 g/mol. The van der Waals surface area contributed by atoms with Crippen LogP contribution < -0.4 is 16.0 Å². The van der Waals surface area contributed by atoms with E-state index in [1.807, 2.05) is 26.0 Å². The summed E-state index contributed by atoms with van der Waals surface area (Å²) in [5, 5.41) is 8.80. The maximum atomic E-state index is 13.7. The fraction of sp³-hybridized carbons (Fsp3) is 0.300. The number of halogens is 2. The van der Waals surface area contributed by atoms with Gasteiger partial charge in [-0.15, -0.1) is 0 Å². The second kappa shape index (κ2) is 10.3. The summed E-state index contributed by atoms with van der Waals surface area (Å²) < 4.78 is 27.0. The zero-order chi connectivity index (χ0) is 19.6. The number of benzene rings is 2. The minimum atomic E-state index is -0.484. The molecule has 2 aromatic carbocycles. The summed E-state index contributed by atoms with van der Waals surface area (Å²) in [4.78, 5) is 16.2. The maximum Gasteiger partial charge on any atom is 0.251 e. The van der Waals surface area contributed by atoms with E-state index in [1.165, 1.54) is 0 Å². The molecule has 0 fully saturated rings. The molecule has 5 nitrogen and oxygen atoms in total. The first-order valence-electron chi connectivity index (χ1n) is 8.86. The lowest BCUT2D eigenvalue weighted by Crippen LogP contribution is -2.37. The van der Waals surface area contributed by atoms with Gasteiger partial charge in [-0.3, -0.25) is 4.79 Å². The summed E-state index contributed by atoms with van der Waals surface area (Å²) in [5.74, 6) is -0.573. The van der Waals surface area contributed by atoms with E-state index in [1.54, 1.807) is 12.1 Å². The molecule has 0 aliphatic carbocycles. The van der Waals surface area contributed by atoms with Gasteiger partial charge in [0.2, 0.25) is 0 Å². The Bertz CT molecular complexity index is 791. The summed E-state index contributed by atoms with van der Waals surface area (Å²) >= 11 is 0. The van der Waals surface area contributed by atoms with Crippen molar-refractivity contribution in [1.29, 1.82) is 0 Å². The number of nitrogens with one attached hydrogen (secondary N) is 3. The topological polar surface area (TPSA) is 65.5 Å². The Kier molecular flexibility index (Phi) is 7.73. The standard InChI is InChI=1S/C20H24F2N4O/c1-3-23-19(27)15-7-5-14(6-8-15)12-25-20(24-4-2)26-13-16-11-17(21)9-10-18(16)22/h5-11H,3-4,12-13H2,1-2H3,(H,23,27)(H2,24,25,26). The van der Waals surface area contributed by atoms with E-state index in [0.29, 0.717) is 31.2 Å². The van der Waals surface area contributed by atoms with Crippen molar-refractivity contribution in [3.8, 4) is 0 Å². The van der Waals surface area contributed by atoms with Crippen LogP contribution in [0.3, 0.4) is 0 Å². The predicted molar refractivity (Wildman–Crippen MR) is 102 cm³/mol. The summed E-state index contributed by atoms with van der Waals surface area (Å²) in [6, 6.07) is 10.5. The largest absolute Gasteiger partial charge is 0.357 e. The van der Waals surface area contributed by atoms with Gasteiger partial charge in [0.05, 0.1) is 6.54 Å². The number of nitrogens with zero attached hydrogens (tertiary/aromatic N) is 1. The van der Waals surface area contributed by atoms with Crippen LogP contribution in [0, 0.1) is 11.6 Å². The fourth-order valence-corrected chi connectivity index (χ4v) is 2.39. The molecule has 1 amide bonds. The Morgan fingerprint density at radius 3 is 2.33 bits per heavy atom. The van der Waals surface area contributed by atoms with Gasteiger partial charge in [-0.1, -0.05) is 12.1 Å². The predicted octanol–water partition coefficient (Wildman–Crippen LogP) is 2.97. The average molecular weight is 374 g/mol. The highest BCUT2D eigenvalue weighted by atomic mass is 19.1. The first kappa shape index (κ1) is 20.4. The Labute approximate surface area is 157 Å². The molecule has 0 atom stereocenters. The molecule has 0 aliphatic heterocycles. The van der Waals surface area contributed by atoms with E-state index < -0.39 is 11.6 Å². The first-order valence-corrected chi connectivity index (χ1v) is 8.86. The molecule has 0 radical (unpaired) electrons. The summed E-state index contributed by atoms with van der Waals surface area (Å²) in [7, 11) is 0. The van der Waals surface area contributed by atoms with Gasteiger partial charge >= 0.3 is 0 Å². The van der Waals surface area contributed by atoms with Crippen molar-refractivity contribution >= 4 is 11.9 Å². The van der Waals surface area contributed by atoms with Crippen molar-refractivity contribution in [2.45, 2.75) is 26.9 Å². The van der Waals surface area contributed by atoms with Crippen molar-refractivity contribution in [2.75, 3.05) is 13.1 Å². The third kappa shape index (κ3) is 6.36. The molecular weight excluding hydrogens is 350 g/mol. The van der Waals surface area contributed by atoms with Gasteiger partial charge in [0.15, 0.2) is 5.96 Å². The van der Waals surface area contributed by atoms with E-state index in [-0.39, 0.29) is 18.0 Å². The van der Waals surface area contributed by atoms with Crippen LogP contribution in [-0.2, 0) is 13.1 Å². The molecule has 27 heavy (non-hydrogen) atoms. The summed E-state index contributed by atoms with van der Waals surface area (Å²) in [6.45, 7) is 5.50. The third-order valence-electron chi connectivity index (χ3n) is 3.77.